The van der Waals surface area contributed by atoms with Crippen LogP contribution < -0.4 is 10.1 Å². The molecule has 0 spiro atoms. The van der Waals surface area contributed by atoms with E-state index in [9.17, 15) is 4.79 Å². The molecule has 1 N–H and O–H groups in total. The Bertz CT molecular complexity index is 606. The van der Waals surface area contributed by atoms with E-state index in [1.54, 1.807) is 24.5 Å². The zero-order chi connectivity index (χ0) is 15.1. The molecule has 1 aromatic carbocycles. The lowest BCUT2D eigenvalue weighted by atomic mass is 10.1. The molecule has 0 saturated heterocycles. The lowest BCUT2D eigenvalue weighted by molar-refractivity contribution is 0.0954. The molecule has 0 radical (unpaired) electrons. The van der Waals surface area contributed by atoms with Gasteiger partial charge in [0.1, 0.15) is 5.75 Å². The van der Waals surface area contributed by atoms with E-state index in [1.807, 2.05) is 25.1 Å². The minimum Gasteiger partial charge on any atom is -0.492 e. The zero-order valence-corrected chi connectivity index (χ0v) is 13.8. The van der Waals surface area contributed by atoms with Crippen molar-refractivity contribution in [3.63, 3.8) is 0 Å². The summed E-state index contributed by atoms with van der Waals surface area (Å²) in [6, 6.07) is 9.04. The van der Waals surface area contributed by atoms with Crippen LogP contribution in [0, 0.1) is 0 Å². The van der Waals surface area contributed by atoms with E-state index < -0.39 is 0 Å². The van der Waals surface area contributed by atoms with Gasteiger partial charge in [0.15, 0.2) is 0 Å². The second kappa shape index (κ2) is 9.28. The molecule has 118 valence electrons. The Morgan fingerprint density at radius 1 is 1.27 bits per heavy atom. The predicted octanol–water partition coefficient (Wildman–Crippen LogP) is 3.53. The molecule has 0 atom stereocenters. The maximum atomic E-state index is 11.9. The molecule has 0 unspecified atom stereocenters. The fourth-order valence-electron chi connectivity index (χ4n) is 1.90. The van der Waals surface area contributed by atoms with Gasteiger partial charge in [-0.05, 0) is 43.2 Å². The van der Waals surface area contributed by atoms with E-state index in [2.05, 4.69) is 10.3 Å². The number of ether oxygens (including phenoxy) is 1. The number of aromatic nitrogens is 1. The third-order valence-electron chi connectivity index (χ3n) is 2.94. The molecule has 0 saturated carbocycles. The van der Waals surface area contributed by atoms with E-state index >= 15 is 0 Å². The highest BCUT2D eigenvalue weighted by Gasteiger charge is 2.05. The van der Waals surface area contributed by atoms with E-state index in [-0.39, 0.29) is 18.3 Å². The third kappa shape index (κ3) is 5.20. The number of benzene rings is 1. The van der Waals surface area contributed by atoms with Crippen LogP contribution in [0.15, 0.2) is 42.7 Å². The van der Waals surface area contributed by atoms with Crippen LogP contribution in [0.25, 0.3) is 0 Å². The van der Waals surface area contributed by atoms with Gasteiger partial charge in [-0.2, -0.15) is 0 Å². The Balaban J connectivity index is 0.00000242. The lowest BCUT2D eigenvalue weighted by Gasteiger charge is -2.08. The third-order valence-corrected chi connectivity index (χ3v) is 3.23. The molecule has 0 aliphatic heterocycles. The smallest absolute Gasteiger partial charge is 0.251 e. The highest BCUT2D eigenvalue weighted by atomic mass is 35.5. The van der Waals surface area contributed by atoms with Crippen LogP contribution in [-0.4, -0.2) is 24.0 Å². The highest BCUT2D eigenvalue weighted by molar-refractivity contribution is 6.32. The fraction of sp³-hybridized carbons (Fsp3) is 0.250. The van der Waals surface area contributed by atoms with Crippen molar-refractivity contribution in [1.82, 2.24) is 10.3 Å². The Morgan fingerprint density at radius 2 is 2.00 bits per heavy atom. The molecule has 0 bridgehead atoms. The first-order valence-electron chi connectivity index (χ1n) is 6.80. The van der Waals surface area contributed by atoms with Crippen molar-refractivity contribution in [2.24, 2.45) is 0 Å². The van der Waals surface area contributed by atoms with Gasteiger partial charge in [0, 0.05) is 24.5 Å². The average molecular weight is 341 g/mol. The molecule has 1 heterocycles. The quantitative estimate of drug-likeness (QED) is 0.875. The molecule has 2 aromatic rings. The van der Waals surface area contributed by atoms with E-state index in [0.29, 0.717) is 35.9 Å². The Kier molecular flexibility index (Phi) is 7.71. The molecule has 0 aliphatic rings. The second-order valence-corrected chi connectivity index (χ2v) is 4.85. The molecular weight excluding hydrogens is 323 g/mol. The summed E-state index contributed by atoms with van der Waals surface area (Å²) in [5.41, 5.74) is 1.66. The van der Waals surface area contributed by atoms with Gasteiger partial charge >= 0.3 is 0 Å². The minimum absolute atomic E-state index is 0. The molecule has 1 amide bonds. The molecular formula is C16H18Cl2N2O2. The Morgan fingerprint density at radius 3 is 2.64 bits per heavy atom. The van der Waals surface area contributed by atoms with Crippen LogP contribution >= 0.6 is 24.0 Å². The van der Waals surface area contributed by atoms with Crippen LogP contribution in [0.3, 0.4) is 0 Å². The van der Waals surface area contributed by atoms with Crippen molar-refractivity contribution in [1.29, 1.82) is 0 Å². The first-order chi connectivity index (χ1) is 10.2. The number of hydrogen-bond donors (Lipinski definition) is 1. The zero-order valence-electron chi connectivity index (χ0n) is 12.2. The Labute approximate surface area is 141 Å². The van der Waals surface area contributed by atoms with E-state index in [1.165, 1.54) is 0 Å². The van der Waals surface area contributed by atoms with Crippen LogP contribution in [0.1, 0.15) is 22.8 Å². The van der Waals surface area contributed by atoms with Crippen molar-refractivity contribution in [3.05, 3.63) is 58.9 Å². The van der Waals surface area contributed by atoms with Crippen molar-refractivity contribution < 1.29 is 9.53 Å². The molecule has 22 heavy (non-hydrogen) atoms. The maximum absolute atomic E-state index is 11.9. The van der Waals surface area contributed by atoms with Crippen molar-refractivity contribution >= 4 is 29.9 Å². The molecule has 1 aromatic heterocycles. The average Bonchev–Trinajstić information content (AvgIpc) is 2.51. The summed E-state index contributed by atoms with van der Waals surface area (Å²) in [7, 11) is 0. The monoisotopic (exact) mass is 340 g/mol. The van der Waals surface area contributed by atoms with Crippen molar-refractivity contribution in [2.45, 2.75) is 13.3 Å². The number of nitrogens with one attached hydrogen (secondary N) is 1. The van der Waals surface area contributed by atoms with Crippen LogP contribution in [-0.2, 0) is 6.42 Å². The van der Waals surface area contributed by atoms with Gasteiger partial charge in [0.25, 0.3) is 5.91 Å². The van der Waals surface area contributed by atoms with Gasteiger partial charge in [-0.1, -0.05) is 17.7 Å². The maximum Gasteiger partial charge on any atom is 0.251 e. The van der Waals surface area contributed by atoms with Crippen molar-refractivity contribution in [2.75, 3.05) is 13.2 Å². The number of rotatable bonds is 6. The van der Waals surface area contributed by atoms with Gasteiger partial charge in [0.2, 0.25) is 0 Å². The van der Waals surface area contributed by atoms with E-state index in [0.717, 1.165) is 5.56 Å². The molecule has 6 heteroatoms. The molecule has 2 rings (SSSR count). The van der Waals surface area contributed by atoms with Crippen LogP contribution in [0.5, 0.6) is 5.75 Å². The Hall–Kier alpha value is -1.78. The standard InChI is InChI=1S/C16H17ClN2O2.ClH/c1-2-21-15-4-3-12(11-14(15)17)5-10-19-16(20)13-6-8-18-9-7-13;/h3-4,6-9,11H,2,5,10H2,1H3,(H,19,20);1H. The number of carbonyl (C=O) groups excluding carboxylic acids is 1. The minimum atomic E-state index is -0.102. The van der Waals surface area contributed by atoms with Gasteiger partial charge in [-0.15, -0.1) is 12.4 Å². The lowest BCUT2D eigenvalue weighted by Crippen LogP contribution is -2.25. The number of carbonyl (C=O) groups is 1. The number of pyridine rings is 1. The summed E-state index contributed by atoms with van der Waals surface area (Å²) < 4.78 is 5.38. The largest absolute Gasteiger partial charge is 0.492 e. The topological polar surface area (TPSA) is 51.2 Å². The second-order valence-electron chi connectivity index (χ2n) is 4.44. The summed E-state index contributed by atoms with van der Waals surface area (Å²) >= 11 is 6.13. The van der Waals surface area contributed by atoms with Gasteiger partial charge in [0.05, 0.1) is 11.6 Å². The summed E-state index contributed by atoms with van der Waals surface area (Å²) in [5.74, 6) is 0.582. The van der Waals surface area contributed by atoms with E-state index in [4.69, 9.17) is 16.3 Å². The van der Waals surface area contributed by atoms with Gasteiger partial charge in [-0.3, -0.25) is 9.78 Å². The fourth-order valence-corrected chi connectivity index (χ4v) is 2.16. The van der Waals surface area contributed by atoms with Crippen LogP contribution in [0.2, 0.25) is 5.02 Å². The first-order valence-corrected chi connectivity index (χ1v) is 7.18. The highest BCUT2D eigenvalue weighted by Crippen LogP contribution is 2.25. The predicted molar refractivity (Wildman–Crippen MR) is 90.1 cm³/mol. The molecule has 0 fully saturated rings. The summed E-state index contributed by atoms with van der Waals surface area (Å²) in [6.07, 6.45) is 3.91. The number of amides is 1. The van der Waals surface area contributed by atoms with Gasteiger partial charge < -0.3 is 10.1 Å². The first kappa shape index (κ1) is 18.3. The number of halogens is 2. The summed E-state index contributed by atoms with van der Waals surface area (Å²) in [4.78, 5) is 15.7. The summed E-state index contributed by atoms with van der Waals surface area (Å²) in [6.45, 7) is 3.05. The summed E-state index contributed by atoms with van der Waals surface area (Å²) in [5, 5.41) is 3.46. The SMILES string of the molecule is CCOc1ccc(CCNC(=O)c2ccncc2)cc1Cl.Cl. The molecule has 0 aliphatic carbocycles. The number of nitrogens with zero attached hydrogens (tertiary/aromatic N) is 1. The molecule has 4 nitrogen and oxygen atoms in total. The normalized spacial score (nSPS) is 9.73. The van der Waals surface area contributed by atoms with Crippen molar-refractivity contribution in [3.8, 4) is 5.75 Å². The van der Waals surface area contributed by atoms with Crippen LogP contribution in [0.4, 0.5) is 0 Å². The number of hydrogen-bond acceptors (Lipinski definition) is 3. The van der Waals surface area contributed by atoms with Gasteiger partial charge in [-0.25, -0.2) is 0 Å².